The van der Waals surface area contributed by atoms with Gasteiger partial charge in [0.05, 0.1) is 24.9 Å². The Balaban J connectivity index is 1.55. The van der Waals surface area contributed by atoms with E-state index in [1.807, 2.05) is 0 Å². The highest BCUT2D eigenvalue weighted by molar-refractivity contribution is 4.93. The van der Waals surface area contributed by atoms with E-state index in [-0.39, 0.29) is 5.60 Å². The molecule has 0 aromatic rings. The molecule has 92 valence electrons. The van der Waals surface area contributed by atoms with Crippen molar-refractivity contribution in [1.82, 2.24) is 5.32 Å². The van der Waals surface area contributed by atoms with Crippen LogP contribution in [0.15, 0.2) is 0 Å². The van der Waals surface area contributed by atoms with Crippen molar-refractivity contribution in [3.8, 4) is 0 Å². The first-order valence-corrected chi connectivity index (χ1v) is 6.42. The second kappa shape index (κ2) is 4.61. The molecule has 0 aromatic heterocycles. The fourth-order valence-corrected chi connectivity index (χ4v) is 2.93. The van der Waals surface area contributed by atoms with Crippen molar-refractivity contribution in [3.05, 3.63) is 0 Å². The number of rotatable bonds is 2. The molecule has 0 aliphatic carbocycles. The Kier molecular flexibility index (Phi) is 3.16. The number of hydrogen-bond acceptors (Lipinski definition) is 4. The summed E-state index contributed by atoms with van der Waals surface area (Å²) in [5.41, 5.74) is 0.110. The molecule has 0 aromatic carbocycles. The van der Waals surface area contributed by atoms with Crippen LogP contribution in [0, 0.1) is 0 Å². The fourth-order valence-electron chi connectivity index (χ4n) is 2.93. The summed E-state index contributed by atoms with van der Waals surface area (Å²) in [4.78, 5) is 0. The highest BCUT2D eigenvalue weighted by atomic mass is 16.5. The van der Waals surface area contributed by atoms with E-state index in [9.17, 15) is 0 Å². The molecule has 0 radical (unpaired) electrons. The Morgan fingerprint density at radius 2 is 1.75 bits per heavy atom. The van der Waals surface area contributed by atoms with Gasteiger partial charge in [0.25, 0.3) is 0 Å². The van der Waals surface area contributed by atoms with E-state index in [1.54, 1.807) is 0 Å². The molecule has 3 heterocycles. The lowest BCUT2D eigenvalue weighted by atomic mass is 9.84. The number of ether oxygens (including phenoxy) is 3. The van der Waals surface area contributed by atoms with E-state index in [2.05, 4.69) is 5.32 Å². The first-order valence-electron chi connectivity index (χ1n) is 6.42. The predicted molar refractivity (Wildman–Crippen MR) is 59.5 cm³/mol. The van der Waals surface area contributed by atoms with Crippen molar-refractivity contribution < 1.29 is 14.2 Å². The molecule has 0 bridgehead atoms. The van der Waals surface area contributed by atoms with Crippen LogP contribution in [-0.4, -0.2) is 50.7 Å². The molecule has 16 heavy (non-hydrogen) atoms. The SMILES string of the molecule is C1CC2(CCO1)CC(NC1COC1)CCO2. The molecule has 0 saturated carbocycles. The topological polar surface area (TPSA) is 39.7 Å². The van der Waals surface area contributed by atoms with Gasteiger partial charge in [0.2, 0.25) is 0 Å². The van der Waals surface area contributed by atoms with Gasteiger partial charge in [0.1, 0.15) is 0 Å². The van der Waals surface area contributed by atoms with Gasteiger partial charge in [-0.15, -0.1) is 0 Å². The van der Waals surface area contributed by atoms with Gasteiger partial charge in [-0.3, -0.25) is 0 Å². The Morgan fingerprint density at radius 1 is 0.938 bits per heavy atom. The van der Waals surface area contributed by atoms with Crippen LogP contribution in [0.4, 0.5) is 0 Å². The second-order valence-corrected chi connectivity index (χ2v) is 5.23. The van der Waals surface area contributed by atoms with E-state index in [1.165, 1.54) is 0 Å². The molecule has 1 atom stereocenters. The van der Waals surface area contributed by atoms with Gasteiger partial charge in [0.15, 0.2) is 0 Å². The van der Waals surface area contributed by atoms with Crippen LogP contribution in [0.25, 0.3) is 0 Å². The minimum absolute atomic E-state index is 0.110. The van der Waals surface area contributed by atoms with E-state index in [0.29, 0.717) is 12.1 Å². The van der Waals surface area contributed by atoms with Gasteiger partial charge in [-0.2, -0.15) is 0 Å². The molecule has 3 aliphatic rings. The molecule has 3 saturated heterocycles. The lowest BCUT2D eigenvalue weighted by Crippen LogP contribution is -2.56. The molecule has 3 rings (SSSR count). The normalized spacial score (nSPS) is 34.9. The van der Waals surface area contributed by atoms with Gasteiger partial charge in [-0.1, -0.05) is 0 Å². The number of nitrogens with one attached hydrogen (secondary N) is 1. The summed E-state index contributed by atoms with van der Waals surface area (Å²) in [5.74, 6) is 0. The van der Waals surface area contributed by atoms with Gasteiger partial charge in [0, 0.05) is 25.9 Å². The lowest BCUT2D eigenvalue weighted by molar-refractivity contribution is -0.143. The lowest BCUT2D eigenvalue weighted by Gasteiger charge is -2.45. The van der Waals surface area contributed by atoms with Crippen molar-refractivity contribution in [2.75, 3.05) is 33.0 Å². The van der Waals surface area contributed by atoms with Crippen LogP contribution in [0.5, 0.6) is 0 Å². The number of hydrogen-bond donors (Lipinski definition) is 1. The van der Waals surface area contributed by atoms with Gasteiger partial charge in [-0.05, 0) is 25.7 Å². The Labute approximate surface area is 96.6 Å². The maximum Gasteiger partial charge on any atom is 0.0741 e. The highest BCUT2D eigenvalue weighted by Gasteiger charge is 2.39. The Hall–Kier alpha value is -0.160. The molecule has 1 unspecified atom stereocenters. The predicted octanol–water partition coefficient (Wildman–Crippen LogP) is 0.703. The van der Waals surface area contributed by atoms with Gasteiger partial charge in [-0.25, -0.2) is 0 Å². The summed E-state index contributed by atoms with van der Waals surface area (Å²) in [6, 6.07) is 1.20. The Bertz CT molecular complexity index is 231. The summed E-state index contributed by atoms with van der Waals surface area (Å²) in [6.07, 6.45) is 4.41. The third-order valence-electron chi connectivity index (χ3n) is 4.01. The minimum atomic E-state index is 0.110. The smallest absolute Gasteiger partial charge is 0.0741 e. The standard InChI is InChI=1S/C12H21NO3/c1-4-16-12(2-5-14-6-3-12)7-10(1)13-11-8-15-9-11/h10-11,13H,1-9H2. The molecule has 4 nitrogen and oxygen atoms in total. The maximum absolute atomic E-state index is 6.02. The summed E-state index contributed by atoms with van der Waals surface area (Å²) in [7, 11) is 0. The Morgan fingerprint density at radius 3 is 2.44 bits per heavy atom. The van der Waals surface area contributed by atoms with Crippen LogP contribution in [0.1, 0.15) is 25.7 Å². The highest BCUT2D eigenvalue weighted by Crippen LogP contribution is 2.34. The third kappa shape index (κ3) is 2.25. The van der Waals surface area contributed by atoms with Crippen LogP contribution in [0.3, 0.4) is 0 Å². The third-order valence-corrected chi connectivity index (χ3v) is 4.01. The van der Waals surface area contributed by atoms with Crippen molar-refractivity contribution in [2.45, 2.75) is 43.4 Å². The van der Waals surface area contributed by atoms with E-state index in [4.69, 9.17) is 14.2 Å². The quantitative estimate of drug-likeness (QED) is 0.754. The first kappa shape index (κ1) is 11.0. The maximum atomic E-state index is 6.02. The zero-order chi connectivity index (χ0) is 10.8. The molecular weight excluding hydrogens is 206 g/mol. The molecule has 1 N–H and O–H groups in total. The molecule has 3 fully saturated rings. The van der Waals surface area contributed by atoms with E-state index >= 15 is 0 Å². The van der Waals surface area contributed by atoms with Crippen LogP contribution in [-0.2, 0) is 14.2 Å². The van der Waals surface area contributed by atoms with E-state index < -0.39 is 0 Å². The van der Waals surface area contributed by atoms with Crippen LogP contribution >= 0.6 is 0 Å². The first-order chi connectivity index (χ1) is 7.86. The summed E-state index contributed by atoms with van der Waals surface area (Å²) in [6.45, 7) is 4.38. The molecule has 0 amide bonds. The van der Waals surface area contributed by atoms with E-state index in [0.717, 1.165) is 58.7 Å². The molecule has 1 spiro atoms. The van der Waals surface area contributed by atoms with Crippen molar-refractivity contribution in [2.24, 2.45) is 0 Å². The minimum Gasteiger partial charge on any atom is -0.381 e. The van der Waals surface area contributed by atoms with Crippen molar-refractivity contribution in [1.29, 1.82) is 0 Å². The largest absolute Gasteiger partial charge is 0.381 e. The zero-order valence-electron chi connectivity index (χ0n) is 9.74. The fraction of sp³-hybridized carbons (Fsp3) is 1.00. The summed E-state index contributed by atoms with van der Waals surface area (Å²) in [5, 5.41) is 3.68. The zero-order valence-corrected chi connectivity index (χ0v) is 9.74. The average Bonchev–Trinajstić information content (AvgIpc) is 2.25. The average molecular weight is 227 g/mol. The summed E-state index contributed by atoms with van der Waals surface area (Å²) < 4.78 is 16.6. The van der Waals surface area contributed by atoms with Crippen LogP contribution < -0.4 is 5.32 Å². The summed E-state index contributed by atoms with van der Waals surface area (Å²) >= 11 is 0. The van der Waals surface area contributed by atoms with Crippen LogP contribution in [0.2, 0.25) is 0 Å². The van der Waals surface area contributed by atoms with Gasteiger partial charge >= 0.3 is 0 Å². The van der Waals surface area contributed by atoms with Gasteiger partial charge < -0.3 is 19.5 Å². The second-order valence-electron chi connectivity index (χ2n) is 5.23. The van der Waals surface area contributed by atoms with Crippen molar-refractivity contribution >= 4 is 0 Å². The molecule has 3 aliphatic heterocycles. The molecule has 4 heteroatoms. The monoisotopic (exact) mass is 227 g/mol. The molecular formula is C12H21NO3. The van der Waals surface area contributed by atoms with Crippen molar-refractivity contribution in [3.63, 3.8) is 0 Å².